The Kier molecular flexibility index (Phi) is 4.90. The van der Waals surface area contributed by atoms with Crippen LogP contribution in [0.1, 0.15) is 12.8 Å². The molecule has 1 N–H and O–H groups in total. The topological polar surface area (TPSA) is 83.9 Å². The fraction of sp³-hybridized carbons (Fsp3) is 0.462. The van der Waals surface area contributed by atoms with E-state index in [0.717, 1.165) is 0 Å². The predicted octanol–water partition coefficient (Wildman–Crippen LogP) is 1.94. The SMILES string of the molecule is COc1ccc(S(=O)(=O)N2CCC(C(=O)O)CC2)cc1Br. The van der Waals surface area contributed by atoms with Crippen molar-refractivity contribution in [2.45, 2.75) is 17.7 Å². The second-order valence-electron chi connectivity index (χ2n) is 4.81. The maximum Gasteiger partial charge on any atom is 0.306 e. The predicted molar refractivity (Wildman–Crippen MR) is 79.8 cm³/mol. The van der Waals surface area contributed by atoms with Gasteiger partial charge >= 0.3 is 5.97 Å². The zero-order chi connectivity index (χ0) is 15.6. The lowest BCUT2D eigenvalue weighted by Gasteiger charge is -2.29. The molecule has 1 heterocycles. The summed E-state index contributed by atoms with van der Waals surface area (Å²) in [5.41, 5.74) is 0. The highest BCUT2D eigenvalue weighted by molar-refractivity contribution is 9.10. The fourth-order valence-corrected chi connectivity index (χ4v) is 4.49. The summed E-state index contributed by atoms with van der Waals surface area (Å²) in [6.07, 6.45) is 0.678. The van der Waals surface area contributed by atoms with Gasteiger partial charge in [0.1, 0.15) is 5.75 Å². The second-order valence-corrected chi connectivity index (χ2v) is 7.61. The molecule has 0 saturated carbocycles. The van der Waals surface area contributed by atoms with Gasteiger partial charge in [-0.3, -0.25) is 4.79 Å². The monoisotopic (exact) mass is 377 g/mol. The molecule has 1 aromatic carbocycles. The maximum absolute atomic E-state index is 12.5. The van der Waals surface area contributed by atoms with Gasteiger partial charge in [-0.2, -0.15) is 4.31 Å². The molecule has 2 rings (SSSR count). The van der Waals surface area contributed by atoms with Gasteiger partial charge in [-0.15, -0.1) is 0 Å². The van der Waals surface area contributed by atoms with Gasteiger partial charge in [-0.1, -0.05) is 0 Å². The van der Waals surface area contributed by atoms with E-state index in [1.54, 1.807) is 6.07 Å². The van der Waals surface area contributed by atoms with Crippen molar-refractivity contribution in [3.05, 3.63) is 22.7 Å². The smallest absolute Gasteiger partial charge is 0.306 e. The molecule has 1 fully saturated rings. The van der Waals surface area contributed by atoms with Crippen LogP contribution in [0, 0.1) is 5.92 Å². The number of sulfonamides is 1. The highest BCUT2D eigenvalue weighted by Gasteiger charge is 2.32. The molecule has 1 saturated heterocycles. The summed E-state index contributed by atoms with van der Waals surface area (Å²) in [5, 5.41) is 8.95. The third kappa shape index (κ3) is 3.38. The standard InChI is InChI=1S/C13H16BrNO5S/c1-20-12-3-2-10(8-11(12)14)21(18,19)15-6-4-9(5-7-15)13(16)17/h2-3,8-9H,4-7H2,1H3,(H,16,17). The van der Waals surface area contributed by atoms with Gasteiger partial charge in [0.05, 0.1) is 22.4 Å². The number of rotatable bonds is 4. The molecule has 116 valence electrons. The largest absolute Gasteiger partial charge is 0.496 e. The molecular weight excluding hydrogens is 362 g/mol. The van der Waals surface area contributed by atoms with E-state index in [9.17, 15) is 13.2 Å². The molecule has 0 radical (unpaired) electrons. The third-order valence-electron chi connectivity index (χ3n) is 3.56. The van der Waals surface area contributed by atoms with Crippen molar-refractivity contribution < 1.29 is 23.1 Å². The zero-order valence-corrected chi connectivity index (χ0v) is 13.9. The number of hydrogen-bond donors (Lipinski definition) is 1. The first kappa shape index (κ1) is 16.3. The summed E-state index contributed by atoms with van der Waals surface area (Å²) < 4.78 is 32.0. The molecule has 6 nitrogen and oxygen atoms in total. The van der Waals surface area contributed by atoms with E-state index < -0.39 is 21.9 Å². The Morgan fingerprint density at radius 1 is 1.38 bits per heavy atom. The first-order valence-corrected chi connectivity index (χ1v) is 8.66. The van der Waals surface area contributed by atoms with Gasteiger partial charge in [0.2, 0.25) is 10.0 Å². The number of aliphatic carboxylic acids is 1. The molecule has 21 heavy (non-hydrogen) atoms. The lowest BCUT2D eigenvalue weighted by Crippen LogP contribution is -2.40. The second kappa shape index (κ2) is 6.33. The summed E-state index contributed by atoms with van der Waals surface area (Å²) >= 11 is 3.27. The van der Waals surface area contributed by atoms with E-state index >= 15 is 0 Å². The Bertz CT molecular complexity index is 638. The van der Waals surface area contributed by atoms with E-state index in [1.165, 1.54) is 23.5 Å². The number of benzene rings is 1. The lowest BCUT2D eigenvalue weighted by molar-refractivity contribution is -0.142. The van der Waals surface area contributed by atoms with E-state index in [4.69, 9.17) is 9.84 Å². The fourth-order valence-electron chi connectivity index (χ4n) is 2.30. The van der Waals surface area contributed by atoms with Crippen molar-refractivity contribution in [3.63, 3.8) is 0 Å². The van der Waals surface area contributed by atoms with Crippen LogP contribution >= 0.6 is 15.9 Å². The number of carboxylic acids is 1. The van der Waals surface area contributed by atoms with Gasteiger partial charge in [-0.25, -0.2) is 8.42 Å². The number of methoxy groups -OCH3 is 1. The van der Waals surface area contributed by atoms with E-state index in [-0.39, 0.29) is 18.0 Å². The maximum atomic E-state index is 12.5. The van der Waals surface area contributed by atoms with Crippen LogP contribution in [-0.2, 0) is 14.8 Å². The zero-order valence-electron chi connectivity index (χ0n) is 11.5. The number of piperidine rings is 1. The van der Waals surface area contributed by atoms with Gasteiger partial charge < -0.3 is 9.84 Å². The van der Waals surface area contributed by atoms with Crippen LogP contribution in [0.15, 0.2) is 27.6 Å². The normalized spacial score (nSPS) is 17.6. The molecule has 1 aromatic rings. The first-order valence-electron chi connectivity index (χ1n) is 6.42. The molecule has 0 atom stereocenters. The molecule has 0 unspecified atom stereocenters. The molecule has 0 aromatic heterocycles. The number of ether oxygens (including phenoxy) is 1. The van der Waals surface area contributed by atoms with Crippen LogP contribution in [0.2, 0.25) is 0 Å². The summed E-state index contributed by atoms with van der Waals surface area (Å²) in [6, 6.07) is 4.57. The van der Waals surface area contributed by atoms with Crippen molar-refractivity contribution in [2.24, 2.45) is 5.92 Å². The van der Waals surface area contributed by atoms with Crippen molar-refractivity contribution in [2.75, 3.05) is 20.2 Å². The van der Waals surface area contributed by atoms with Crippen molar-refractivity contribution >= 4 is 31.9 Å². The van der Waals surface area contributed by atoms with Crippen molar-refractivity contribution in [3.8, 4) is 5.75 Å². The van der Waals surface area contributed by atoms with Gasteiger partial charge in [0, 0.05) is 13.1 Å². The van der Waals surface area contributed by atoms with Crippen molar-refractivity contribution in [1.82, 2.24) is 4.31 Å². The van der Waals surface area contributed by atoms with E-state index in [2.05, 4.69) is 15.9 Å². The molecule has 8 heteroatoms. The number of carboxylic acid groups (broad SMARTS) is 1. The van der Waals surface area contributed by atoms with Gasteiger partial charge in [-0.05, 0) is 47.0 Å². The first-order chi connectivity index (χ1) is 9.86. The molecule has 1 aliphatic rings. The van der Waals surface area contributed by atoms with Crippen LogP contribution in [0.25, 0.3) is 0 Å². The summed E-state index contributed by atoms with van der Waals surface area (Å²) in [4.78, 5) is 11.1. The molecule has 0 aliphatic carbocycles. The number of nitrogens with zero attached hydrogens (tertiary/aromatic N) is 1. The minimum absolute atomic E-state index is 0.170. The molecule has 1 aliphatic heterocycles. The number of hydrogen-bond acceptors (Lipinski definition) is 4. The summed E-state index contributed by atoms with van der Waals surface area (Å²) in [5.74, 6) is -0.767. The highest BCUT2D eigenvalue weighted by Crippen LogP contribution is 2.30. The molecule has 0 bridgehead atoms. The van der Waals surface area contributed by atoms with Crippen LogP contribution in [0.5, 0.6) is 5.75 Å². The van der Waals surface area contributed by atoms with E-state index in [0.29, 0.717) is 23.1 Å². The average molecular weight is 378 g/mol. The quantitative estimate of drug-likeness (QED) is 0.866. The highest BCUT2D eigenvalue weighted by atomic mass is 79.9. The Labute approximate surface area is 131 Å². The van der Waals surface area contributed by atoms with Gasteiger partial charge in [0.25, 0.3) is 0 Å². The molecular formula is C13H16BrNO5S. The molecule has 0 spiro atoms. The summed E-state index contributed by atoms with van der Waals surface area (Å²) in [7, 11) is -2.10. The number of carbonyl (C=O) groups is 1. The Hall–Kier alpha value is -1.12. The lowest BCUT2D eigenvalue weighted by atomic mass is 9.99. The van der Waals surface area contributed by atoms with Crippen LogP contribution in [0.4, 0.5) is 0 Å². The minimum atomic E-state index is -3.60. The van der Waals surface area contributed by atoms with Crippen LogP contribution in [-0.4, -0.2) is 44.0 Å². The summed E-state index contributed by atoms with van der Waals surface area (Å²) in [6.45, 7) is 0.450. The Balaban J connectivity index is 2.19. The van der Waals surface area contributed by atoms with Crippen molar-refractivity contribution in [1.29, 1.82) is 0 Å². The minimum Gasteiger partial charge on any atom is -0.496 e. The van der Waals surface area contributed by atoms with Gasteiger partial charge in [0.15, 0.2) is 0 Å². The van der Waals surface area contributed by atoms with Crippen LogP contribution in [0.3, 0.4) is 0 Å². The molecule has 0 amide bonds. The van der Waals surface area contributed by atoms with E-state index in [1.807, 2.05) is 0 Å². The van der Waals surface area contributed by atoms with Crippen LogP contribution < -0.4 is 4.74 Å². The number of halogens is 1. The third-order valence-corrected chi connectivity index (χ3v) is 6.08. The Morgan fingerprint density at radius 2 is 2.00 bits per heavy atom. The average Bonchev–Trinajstić information content (AvgIpc) is 2.47. The Morgan fingerprint density at radius 3 is 2.48 bits per heavy atom.